The van der Waals surface area contributed by atoms with Crippen molar-refractivity contribution in [3.8, 4) is 0 Å². The summed E-state index contributed by atoms with van der Waals surface area (Å²) in [5.41, 5.74) is 3.56. The molecule has 0 bridgehead atoms. The Morgan fingerprint density at radius 3 is 2.33 bits per heavy atom. The third kappa shape index (κ3) is 5.09. The van der Waals surface area contributed by atoms with E-state index in [1.54, 1.807) is 13.8 Å². The molecule has 1 amide bonds. The Morgan fingerprint density at radius 2 is 1.70 bits per heavy atom. The maximum atomic E-state index is 13.0. The summed E-state index contributed by atoms with van der Waals surface area (Å²) in [6, 6.07) is 13.7. The highest BCUT2D eigenvalue weighted by Gasteiger charge is 2.30. The van der Waals surface area contributed by atoms with Gasteiger partial charge in [-0.25, -0.2) is 13.1 Å². The van der Waals surface area contributed by atoms with Crippen LogP contribution in [0.3, 0.4) is 0 Å². The largest absolute Gasteiger partial charge is 0.333 e. The van der Waals surface area contributed by atoms with Crippen molar-refractivity contribution in [2.24, 2.45) is 0 Å². The fourth-order valence-corrected chi connectivity index (χ4v) is 5.76. The molecule has 0 radical (unpaired) electrons. The number of rotatable bonds is 6. The highest BCUT2D eigenvalue weighted by atomic mass is 32.2. The van der Waals surface area contributed by atoms with Gasteiger partial charge >= 0.3 is 0 Å². The Hall–Kier alpha value is -2.22. The number of amides is 1. The lowest BCUT2D eigenvalue weighted by Gasteiger charge is -2.40. The van der Waals surface area contributed by atoms with Gasteiger partial charge in [0, 0.05) is 32.6 Å². The molecule has 162 valence electrons. The second-order valence-corrected chi connectivity index (χ2v) is 9.86. The first-order valence-corrected chi connectivity index (χ1v) is 11.8. The molecule has 0 aromatic heterocycles. The van der Waals surface area contributed by atoms with E-state index >= 15 is 0 Å². The molecule has 1 aliphatic rings. The van der Waals surface area contributed by atoms with Crippen LogP contribution in [0.1, 0.15) is 34.7 Å². The average molecular weight is 430 g/mol. The molecule has 2 aromatic carbocycles. The Morgan fingerprint density at radius 1 is 1.07 bits per heavy atom. The minimum Gasteiger partial charge on any atom is -0.333 e. The number of likely N-dealkylation sites (N-methyl/N-ethyl adjacent to an activating group) is 1. The van der Waals surface area contributed by atoms with Gasteiger partial charge in [-0.1, -0.05) is 48.0 Å². The number of nitrogens with zero attached hydrogens (tertiary/aromatic N) is 2. The van der Waals surface area contributed by atoms with E-state index in [-0.39, 0.29) is 24.9 Å². The molecule has 0 spiro atoms. The van der Waals surface area contributed by atoms with Crippen LogP contribution < -0.4 is 4.72 Å². The van der Waals surface area contributed by atoms with E-state index < -0.39 is 10.0 Å². The first-order chi connectivity index (χ1) is 14.2. The van der Waals surface area contributed by atoms with Crippen molar-refractivity contribution >= 4 is 15.9 Å². The normalized spacial score (nSPS) is 17.9. The van der Waals surface area contributed by atoms with Crippen LogP contribution >= 0.6 is 0 Å². The van der Waals surface area contributed by atoms with Crippen LogP contribution in [-0.4, -0.2) is 57.4 Å². The van der Waals surface area contributed by atoms with E-state index in [2.05, 4.69) is 16.7 Å². The number of carbonyl (C=O) groups is 1. The van der Waals surface area contributed by atoms with E-state index in [0.717, 1.165) is 35.3 Å². The molecule has 7 heteroatoms. The van der Waals surface area contributed by atoms with Gasteiger partial charge in [0.05, 0.1) is 10.9 Å². The van der Waals surface area contributed by atoms with Crippen LogP contribution in [0.15, 0.2) is 47.4 Å². The summed E-state index contributed by atoms with van der Waals surface area (Å²) >= 11 is 0. The van der Waals surface area contributed by atoms with Crippen LogP contribution in [0.4, 0.5) is 0 Å². The second kappa shape index (κ2) is 9.29. The fraction of sp³-hybridized carbons (Fsp3) is 0.435. The summed E-state index contributed by atoms with van der Waals surface area (Å²) in [5.74, 6) is -0.0306. The molecule has 1 aliphatic heterocycles. The van der Waals surface area contributed by atoms with Gasteiger partial charge in [0.1, 0.15) is 0 Å². The van der Waals surface area contributed by atoms with Crippen molar-refractivity contribution in [2.75, 3.05) is 33.2 Å². The molecule has 2 aromatic rings. The summed E-state index contributed by atoms with van der Waals surface area (Å²) in [7, 11) is -1.61. The van der Waals surface area contributed by atoms with Crippen molar-refractivity contribution in [1.29, 1.82) is 0 Å². The quantitative estimate of drug-likeness (QED) is 0.767. The lowest BCUT2D eigenvalue weighted by Crippen LogP contribution is -2.49. The van der Waals surface area contributed by atoms with Crippen LogP contribution in [0.5, 0.6) is 0 Å². The molecular formula is C23H31N3O3S. The van der Waals surface area contributed by atoms with Crippen LogP contribution in [0, 0.1) is 20.8 Å². The average Bonchev–Trinajstić information content (AvgIpc) is 2.67. The SMILES string of the molecule is Cc1cc(C)c(S(=O)(=O)NCCC(=O)N2CCN(C)CC2c2ccccc2)c(C)c1. The number of aryl methyl sites for hydroxylation is 3. The van der Waals surface area contributed by atoms with Crippen molar-refractivity contribution in [1.82, 2.24) is 14.5 Å². The van der Waals surface area contributed by atoms with E-state index in [1.807, 2.05) is 54.3 Å². The number of hydrogen-bond acceptors (Lipinski definition) is 4. The standard InChI is InChI=1S/C23H31N3O3S/c1-17-14-18(2)23(19(3)15-17)30(28,29)24-11-10-22(27)26-13-12-25(4)16-21(26)20-8-6-5-7-9-20/h5-9,14-15,21,24H,10-13,16H2,1-4H3. The van der Waals surface area contributed by atoms with Crippen molar-refractivity contribution in [2.45, 2.75) is 38.1 Å². The Bertz CT molecular complexity index is 983. The molecule has 30 heavy (non-hydrogen) atoms. The maximum absolute atomic E-state index is 13.0. The van der Waals surface area contributed by atoms with Crippen molar-refractivity contribution in [3.63, 3.8) is 0 Å². The van der Waals surface area contributed by atoms with Crippen molar-refractivity contribution < 1.29 is 13.2 Å². The monoisotopic (exact) mass is 429 g/mol. The van der Waals surface area contributed by atoms with E-state index in [0.29, 0.717) is 11.4 Å². The van der Waals surface area contributed by atoms with Gasteiger partial charge < -0.3 is 9.80 Å². The molecular weight excluding hydrogens is 398 g/mol. The molecule has 1 fully saturated rings. The smallest absolute Gasteiger partial charge is 0.241 e. The Kier molecular flexibility index (Phi) is 6.95. The molecule has 1 heterocycles. The zero-order valence-electron chi connectivity index (χ0n) is 18.2. The molecule has 1 unspecified atom stereocenters. The third-order valence-corrected chi connectivity index (χ3v) is 7.36. The zero-order chi connectivity index (χ0) is 21.9. The maximum Gasteiger partial charge on any atom is 0.241 e. The zero-order valence-corrected chi connectivity index (χ0v) is 19.0. The van der Waals surface area contributed by atoms with Crippen LogP contribution in [0.25, 0.3) is 0 Å². The minimum absolute atomic E-state index is 0.0179. The third-order valence-electron chi connectivity index (χ3n) is 5.59. The fourth-order valence-electron chi connectivity index (χ4n) is 4.28. The second-order valence-electron chi connectivity index (χ2n) is 8.15. The van der Waals surface area contributed by atoms with Gasteiger partial charge in [-0.15, -0.1) is 0 Å². The number of benzene rings is 2. The highest BCUT2D eigenvalue weighted by Crippen LogP contribution is 2.26. The lowest BCUT2D eigenvalue weighted by atomic mass is 10.0. The number of sulfonamides is 1. The van der Waals surface area contributed by atoms with Crippen molar-refractivity contribution in [3.05, 3.63) is 64.7 Å². The predicted octanol–water partition coefficient (Wildman–Crippen LogP) is 2.80. The summed E-state index contributed by atoms with van der Waals surface area (Å²) < 4.78 is 28.3. The summed E-state index contributed by atoms with van der Waals surface area (Å²) in [6.45, 7) is 7.84. The molecule has 6 nitrogen and oxygen atoms in total. The predicted molar refractivity (Wildman–Crippen MR) is 119 cm³/mol. The van der Waals surface area contributed by atoms with Crippen LogP contribution in [-0.2, 0) is 14.8 Å². The van der Waals surface area contributed by atoms with E-state index in [4.69, 9.17) is 0 Å². The number of carbonyl (C=O) groups excluding carboxylic acids is 1. The topological polar surface area (TPSA) is 69.7 Å². The van der Waals surface area contributed by atoms with Gasteiger partial charge in [0.25, 0.3) is 0 Å². The first kappa shape index (κ1) is 22.5. The molecule has 0 aliphatic carbocycles. The van der Waals surface area contributed by atoms with Gasteiger partial charge in [0.15, 0.2) is 0 Å². The van der Waals surface area contributed by atoms with E-state index in [1.165, 1.54) is 0 Å². The highest BCUT2D eigenvalue weighted by molar-refractivity contribution is 7.89. The number of hydrogen-bond donors (Lipinski definition) is 1. The molecule has 1 atom stereocenters. The molecule has 1 saturated heterocycles. The summed E-state index contributed by atoms with van der Waals surface area (Å²) in [6.07, 6.45) is 0.135. The summed E-state index contributed by atoms with van der Waals surface area (Å²) in [4.78, 5) is 17.4. The van der Waals surface area contributed by atoms with Gasteiger partial charge in [-0.3, -0.25) is 4.79 Å². The number of piperazine rings is 1. The van der Waals surface area contributed by atoms with Gasteiger partial charge in [-0.05, 0) is 44.5 Å². The van der Waals surface area contributed by atoms with Crippen LogP contribution in [0.2, 0.25) is 0 Å². The number of nitrogens with one attached hydrogen (secondary N) is 1. The van der Waals surface area contributed by atoms with Gasteiger partial charge in [0.2, 0.25) is 15.9 Å². The first-order valence-electron chi connectivity index (χ1n) is 10.3. The molecule has 0 saturated carbocycles. The molecule has 3 rings (SSSR count). The summed E-state index contributed by atoms with van der Waals surface area (Å²) in [5, 5.41) is 0. The Labute approximate surface area is 179 Å². The molecule has 1 N–H and O–H groups in total. The minimum atomic E-state index is -3.67. The lowest BCUT2D eigenvalue weighted by molar-refractivity contribution is -0.136. The Balaban J connectivity index is 1.67. The van der Waals surface area contributed by atoms with Gasteiger partial charge in [-0.2, -0.15) is 0 Å². The van der Waals surface area contributed by atoms with E-state index in [9.17, 15) is 13.2 Å².